The van der Waals surface area contributed by atoms with Gasteiger partial charge in [-0.05, 0) is 29.8 Å². The molecule has 0 aliphatic carbocycles. The predicted molar refractivity (Wildman–Crippen MR) is 114 cm³/mol. The summed E-state index contributed by atoms with van der Waals surface area (Å²) in [6.07, 6.45) is 0. The number of amides is 1. The third-order valence-corrected chi connectivity index (χ3v) is 5.58. The van der Waals surface area contributed by atoms with Crippen LogP contribution in [0.3, 0.4) is 0 Å². The quantitative estimate of drug-likeness (QED) is 0.470. The van der Waals surface area contributed by atoms with E-state index in [0.29, 0.717) is 17.3 Å². The molecule has 0 aliphatic heterocycles. The van der Waals surface area contributed by atoms with Crippen molar-refractivity contribution in [1.29, 1.82) is 0 Å². The van der Waals surface area contributed by atoms with Gasteiger partial charge in [0.2, 0.25) is 0 Å². The molecular formula is C22H17ClN2O2S. The van der Waals surface area contributed by atoms with Crippen molar-refractivity contribution < 1.29 is 9.53 Å². The number of nitrogens with one attached hydrogen (secondary N) is 1. The maximum Gasteiger partial charge on any atom is 0.258 e. The van der Waals surface area contributed by atoms with Gasteiger partial charge in [-0.2, -0.15) is 0 Å². The van der Waals surface area contributed by atoms with Crippen LogP contribution in [0.4, 0.5) is 0 Å². The third-order valence-electron chi connectivity index (χ3n) is 4.18. The molecule has 0 spiro atoms. The zero-order chi connectivity index (χ0) is 19.3. The number of rotatable bonds is 6. The second-order valence-corrected chi connectivity index (χ2v) is 7.62. The van der Waals surface area contributed by atoms with E-state index in [-0.39, 0.29) is 12.5 Å². The van der Waals surface area contributed by atoms with Gasteiger partial charge in [0.15, 0.2) is 6.61 Å². The monoisotopic (exact) mass is 408 g/mol. The second kappa shape index (κ2) is 8.42. The molecule has 0 saturated heterocycles. The molecule has 1 N–H and O–H groups in total. The van der Waals surface area contributed by atoms with Crippen LogP contribution >= 0.6 is 22.9 Å². The van der Waals surface area contributed by atoms with E-state index < -0.39 is 0 Å². The summed E-state index contributed by atoms with van der Waals surface area (Å²) in [5.74, 6) is 0.301. The van der Waals surface area contributed by atoms with Crippen molar-refractivity contribution in [2.24, 2.45) is 0 Å². The summed E-state index contributed by atoms with van der Waals surface area (Å²) >= 11 is 7.68. The van der Waals surface area contributed by atoms with E-state index >= 15 is 0 Å². The summed E-state index contributed by atoms with van der Waals surface area (Å²) in [5.41, 5.74) is 3.09. The number of benzene rings is 3. The molecule has 0 bridgehead atoms. The lowest BCUT2D eigenvalue weighted by Gasteiger charge is -2.09. The number of carbonyl (C=O) groups excluding carboxylic acids is 1. The molecule has 1 heterocycles. The summed E-state index contributed by atoms with van der Waals surface area (Å²) in [6, 6.07) is 23.2. The maximum atomic E-state index is 12.0. The molecule has 0 saturated carbocycles. The minimum Gasteiger partial charge on any atom is -0.482 e. The van der Waals surface area contributed by atoms with Crippen molar-refractivity contribution in [1.82, 2.24) is 10.3 Å². The Balaban J connectivity index is 1.33. The SMILES string of the molecule is O=C(COc1ccccc1Cl)NCc1ccc(-c2nc3ccccc3s2)cc1. The van der Waals surface area contributed by atoms with Gasteiger partial charge in [0.1, 0.15) is 10.8 Å². The zero-order valence-electron chi connectivity index (χ0n) is 14.9. The highest BCUT2D eigenvalue weighted by molar-refractivity contribution is 7.21. The van der Waals surface area contributed by atoms with Gasteiger partial charge >= 0.3 is 0 Å². The fourth-order valence-corrected chi connectivity index (χ4v) is 3.88. The number of ether oxygens (including phenoxy) is 1. The number of aromatic nitrogens is 1. The van der Waals surface area contributed by atoms with Crippen molar-refractivity contribution in [3.8, 4) is 16.3 Å². The molecule has 1 amide bonds. The number of carbonyl (C=O) groups is 1. The molecule has 28 heavy (non-hydrogen) atoms. The van der Waals surface area contributed by atoms with Gasteiger partial charge in [-0.25, -0.2) is 4.98 Å². The molecule has 4 nitrogen and oxygen atoms in total. The number of hydrogen-bond acceptors (Lipinski definition) is 4. The van der Waals surface area contributed by atoms with E-state index in [2.05, 4.69) is 16.4 Å². The Bertz CT molecular complexity index is 1080. The van der Waals surface area contributed by atoms with Gasteiger partial charge in [0, 0.05) is 12.1 Å². The first-order valence-corrected chi connectivity index (χ1v) is 9.97. The lowest BCUT2D eigenvalue weighted by atomic mass is 10.1. The smallest absolute Gasteiger partial charge is 0.258 e. The van der Waals surface area contributed by atoms with E-state index in [1.54, 1.807) is 23.5 Å². The van der Waals surface area contributed by atoms with Crippen molar-refractivity contribution >= 4 is 39.1 Å². The summed E-state index contributed by atoms with van der Waals surface area (Å²) < 4.78 is 6.62. The van der Waals surface area contributed by atoms with E-state index in [9.17, 15) is 4.79 Å². The van der Waals surface area contributed by atoms with E-state index in [1.807, 2.05) is 54.6 Å². The van der Waals surface area contributed by atoms with Crippen LogP contribution in [0.15, 0.2) is 72.8 Å². The van der Waals surface area contributed by atoms with Gasteiger partial charge in [-0.3, -0.25) is 4.79 Å². The summed E-state index contributed by atoms with van der Waals surface area (Å²) in [7, 11) is 0. The average molecular weight is 409 g/mol. The number of nitrogens with zero attached hydrogens (tertiary/aromatic N) is 1. The summed E-state index contributed by atoms with van der Waals surface area (Å²) in [6.45, 7) is 0.359. The van der Waals surface area contributed by atoms with Crippen LogP contribution in [0.5, 0.6) is 5.75 Å². The minimum atomic E-state index is -0.199. The van der Waals surface area contributed by atoms with Crippen molar-refractivity contribution in [2.45, 2.75) is 6.54 Å². The highest BCUT2D eigenvalue weighted by Crippen LogP contribution is 2.30. The Kier molecular flexibility index (Phi) is 5.55. The topological polar surface area (TPSA) is 51.2 Å². The first-order chi connectivity index (χ1) is 13.7. The van der Waals surface area contributed by atoms with Gasteiger partial charge < -0.3 is 10.1 Å². The average Bonchev–Trinajstić information content (AvgIpc) is 3.16. The molecule has 0 radical (unpaired) electrons. The molecule has 6 heteroatoms. The molecule has 0 unspecified atom stereocenters. The molecule has 0 aliphatic rings. The van der Waals surface area contributed by atoms with Crippen LogP contribution in [0, 0.1) is 0 Å². The van der Waals surface area contributed by atoms with Crippen LogP contribution < -0.4 is 10.1 Å². The van der Waals surface area contributed by atoms with Crippen LogP contribution in [-0.2, 0) is 11.3 Å². The van der Waals surface area contributed by atoms with Crippen molar-refractivity contribution in [3.05, 3.63) is 83.4 Å². The highest BCUT2D eigenvalue weighted by Gasteiger charge is 2.07. The van der Waals surface area contributed by atoms with E-state index in [0.717, 1.165) is 21.7 Å². The largest absolute Gasteiger partial charge is 0.482 e. The van der Waals surface area contributed by atoms with E-state index in [1.165, 1.54) is 4.70 Å². The Hall–Kier alpha value is -2.89. The highest BCUT2D eigenvalue weighted by atomic mass is 35.5. The normalized spacial score (nSPS) is 10.8. The van der Waals surface area contributed by atoms with Crippen molar-refractivity contribution in [3.63, 3.8) is 0 Å². The molecular weight excluding hydrogens is 392 g/mol. The summed E-state index contributed by atoms with van der Waals surface area (Å²) in [5, 5.41) is 4.33. The van der Waals surface area contributed by atoms with Gasteiger partial charge in [0.25, 0.3) is 5.91 Å². The summed E-state index contributed by atoms with van der Waals surface area (Å²) in [4.78, 5) is 16.7. The Morgan fingerprint density at radius 3 is 2.54 bits per heavy atom. The molecule has 3 aromatic carbocycles. The number of hydrogen-bond donors (Lipinski definition) is 1. The first kappa shape index (κ1) is 18.5. The second-order valence-electron chi connectivity index (χ2n) is 6.18. The molecule has 140 valence electrons. The number of para-hydroxylation sites is 2. The lowest BCUT2D eigenvalue weighted by Crippen LogP contribution is -2.28. The molecule has 4 rings (SSSR count). The third kappa shape index (κ3) is 4.32. The minimum absolute atomic E-state index is 0.0759. The van der Waals surface area contributed by atoms with E-state index in [4.69, 9.17) is 16.3 Å². The van der Waals surface area contributed by atoms with Gasteiger partial charge in [0.05, 0.1) is 15.2 Å². The Morgan fingerprint density at radius 2 is 1.75 bits per heavy atom. The lowest BCUT2D eigenvalue weighted by molar-refractivity contribution is -0.123. The van der Waals surface area contributed by atoms with Crippen LogP contribution in [0.2, 0.25) is 5.02 Å². The fraction of sp³-hybridized carbons (Fsp3) is 0.0909. The first-order valence-electron chi connectivity index (χ1n) is 8.78. The number of halogens is 1. The molecule has 1 aromatic heterocycles. The van der Waals surface area contributed by atoms with Crippen molar-refractivity contribution in [2.75, 3.05) is 6.61 Å². The molecule has 4 aromatic rings. The van der Waals surface area contributed by atoms with Gasteiger partial charge in [-0.15, -0.1) is 11.3 Å². The van der Waals surface area contributed by atoms with Crippen LogP contribution in [-0.4, -0.2) is 17.5 Å². The standard InChI is InChI=1S/C22H17ClN2O2S/c23-17-5-1-3-7-19(17)27-14-21(26)24-13-15-9-11-16(12-10-15)22-25-18-6-2-4-8-20(18)28-22/h1-12H,13-14H2,(H,24,26). The zero-order valence-corrected chi connectivity index (χ0v) is 16.5. The Morgan fingerprint density at radius 1 is 1.00 bits per heavy atom. The number of thiazole rings is 1. The van der Waals surface area contributed by atoms with Crippen LogP contribution in [0.25, 0.3) is 20.8 Å². The number of fused-ring (bicyclic) bond motifs is 1. The van der Waals surface area contributed by atoms with Crippen LogP contribution in [0.1, 0.15) is 5.56 Å². The molecule has 0 fully saturated rings. The predicted octanol–water partition coefficient (Wildman–Crippen LogP) is 5.31. The molecule has 0 atom stereocenters. The maximum absolute atomic E-state index is 12.0. The fourth-order valence-electron chi connectivity index (χ4n) is 2.72. The van der Waals surface area contributed by atoms with Gasteiger partial charge in [-0.1, -0.05) is 60.1 Å². The Labute approximate surface area is 171 Å².